The summed E-state index contributed by atoms with van der Waals surface area (Å²) in [6.45, 7) is 5.60. The summed E-state index contributed by atoms with van der Waals surface area (Å²) in [7, 11) is 1.56. The lowest BCUT2D eigenvalue weighted by molar-refractivity contribution is -0.114. The fourth-order valence-electron chi connectivity index (χ4n) is 2.94. The molecule has 1 amide bonds. The third-order valence-electron chi connectivity index (χ3n) is 4.34. The van der Waals surface area contributed by atoms with E-state index in [1.54, 1.807) is 38.3 Å². The maximum absolute atomic E-state index is 13.0. The summed E-state index contributed by atoms with van der Waals surface area (Å²) < 4.78 is 12.0. The number of rotatable bonds is 6. The van der Waals surface area contributed by atoms with E-state index in [2.05, 4.69) is 21.0 Å². The van der Waals surface area contributed by atoms with Crippen LogP contribution in [0.4, 0.5) is 5.69 Å². The Morgan fingerprint density at radius 2 is 1.90 bits per heavy atom. The Morgan fingerprint density at radius 1 is 1.23 bits per heavy atom. The summed E-state index contributed by atoms with van der Waals surface area (Å²) in [5, 5.41) is 14.6. The van der Waals surface area contributed by atoms with E-state index < -0.39 is 5.97 Å². The number of ether oxygens (including phenoxy) is 2. The van der Waals surface area contributed by atoms with Gasteiger partial charge in [0.1, 0.15) is 0 Å². The molecule has 156 valence electrons. The van der Waals surface area contributed by atoms with Crippen molar-refractivity contribution in [3.63, 3.8) is 0 Å². The van der Waals surface area contributed by atoms with Crippen LogP contribution in [0.3, 0.4) is 0 Å². The molecule has 2 aromatic carbocycles. The molecular formula is C22H21BrN2O5. The number of methoxy groups -OCH3 is 1. The van der Waals surface area contributed by atoms with E-state index >= 15 is 0 Å². The Morgan fingerprint density at radius 3 is 2.47 bits per heavy atom. The molecule has 0 bridgehead atoms. The Balaban J connectivity index is 1.93. The molecule has 30 heavy (non-hydrogen) atoms. The van der Waals surface area contributed by atoms with E-state index in [0.29, 0.717) is 32.9 Å². The highest BCUT2D eigenvalue weighted by molar-refractivity contribution is 9.10. The van der Waals surface area contributed by atoms with Crippen molar-refractivity contribution in [3.05, 3.63) is 57.6 Å². The van der Waals surface area contributed by atoms with Gasteiger partial charge in [-0.3, -0.25) is 4.79 Å². The number of halogens is 1. The van der Waals surface area contributed by atoms with Crippen LogP contribution in [0.15, 0.2) is 51.5 Å². The minimum absolute atomic E-state index is 0.0220. The second-order valence-corrected chi connectivity index (χ2v) is 7.77. The van der Waals surface area contributed by atoms with Crippen LogP contribution >= 0.6 is 15.9 Å². The van der Waals surface area contributed by atoms with E-state index in [4.69, 9.17) is 14.6 Å². The Labute approximate surface area is 182 Å². The molecule has 0 aromatic heterocycles. The molecule has 0 saturated carbocycles. The topological polar surface area (TPSA) is 88.4 Å². The molecule has 7 nitrogen and oxygen atoms in total. The molecule has 0 radical (unpaired) electrons. The molecule has 0 fully saturated rings. The number of nitrogens with zero attached hydrogens (tertiary/aromatic N) is 2. The molecule has 8 heteroatoms. The van der Waals surface area contributed by atoms with Gasteiger partial charge in [0.05, 0.1) is 40.2 Å². The lowest BCUT2D eigenvalue weighted by Crippen LogP contribution is -2.21. The summed E-state index contributed by atoms with van der Waals surface area (Å²) in [6.07, 6.45) is 1.71. The van der Waals surface area contributed by atoms with E-state index in [1.165, 1.54) is 17.1 Å². The zero-order valence-corrected chi connectivity index (χ0v) is 18.6. The number of hydrazone groups is 1. The van der Waals surface area contributed by atoms with E-state index in [0.717, 1.165) is 5.56 Å². The highest BCUT2D eigenvalue weighted by atomic mass is 79.9. The van der Waals surface area contributed by atoms with Crippen LogP contribution in [0, 0.1) is 0 Å². The highest BCUT2D eigenvalue weighted by Crippen LogP contribution is 2.38. The first-order valence-electron chi connectivity index (χ1n) is 9.20. The van der Waals surface area contributed by atoms with Crippen molar-refractivity contribution in [2.24, 2.45) is 5.10 Å². The SMILES string of the molecule is COc1cc(/C=C2/C(=O)N(c3ccc(C(=O)O)cc3)N=C2C)cc(Br)c1OC(C)C. The number of hydrogen-bond acceptors (Lipinski definition) is 5. The van der Waals surface area contributed by atoms with Gasteiger partial charge in [0.15, 0.2) is 11.5 Å². The largest absolute Gasteiger partial charge is 0.493 e. The average molecular weight is 473 g/mol. The number of aromatic carboxylic acids is 1. The number of hydrogen-bond donors (Lipinski definition) is 1. The molecule has 2 aromatic rings. The van der Waals surface area contributed by atoms with Crippen LogP contribution in [0.2, 0.25) is 0 Å². The number of carboxylic acids is 1. The van der Waals surface area contributed by atoms with Crippen molar-refractivity contribution in [1.82, 2.24) is 0 Å². The third kappa shape index (κ3) is 4.38. The van der Waals surface area contributed by atoms with E-state index in [9.17, 15) is 9.59 Å². The zero-order chi connectivity index (χ0) is 22.0. The van der Waals surface area contributed by atoms with Crippen LogP contribution < -0.4 is 14.5 Å². The van der Waals surface area contributed by atoms with Crippen LogP contribution in [0.1, 0.15) is 36.7 Å². The first kappa shape index (κ1) is 21.6. The Kier molecular flexibility index (Phi) is 6.26. The molecule has 1 aliphatic rings. The van der Waals surface area contributed by atoms with Gasteiger partial charge >= 0.3 is 5.97 Å². The van der Waals surface area contributed by atoms with Gasteiger partial charge in [0, 0.05) is 0 Å². The molecule has 1 N–H and O–H groups in total. The van der Waals surface area contributed by atoms with Crippen LogP contribution in [-0.2, 0) is 4.79 Å². The molecule has 0 spiro atoms. The summed E-state index contributed by atoms with van der Waals surface area (Å²) in [5.74, 6) is -0.184. The van der Waals surface area contributed by atoms with Crippen molar-refractivity contribution in [2.45, 2.75) is 26.9 Å². The molecular weight excluding hydrogens is 452 g/mol. The average Bonchev–Trinajstić information content (AvgIpc) is 2.97. The lowest BCUT2D eigenvalue weighted by Gasteiger charge is -2.16. The van der Waals surface area contributed by atoms with Gasteiger partial charge in [0.2, 0.25) is 0 Å². The maximum atomic E-state index is 13.0. The zero-order valence-electron chi connectivity index (χ0n) is 17.0. The van der Waals surface area contributed by atoms with Gasteiger partial charge < -0.3 is 14.6 Å². The van der Waals surface area contributed by atoms with Crippen LogP contribution in [-0.4, -0.2) is 35.9 Å². The number of benzene rings is 2. The highest BCUT2D eigenvalue weighted by Gasteiger charge is 2.29. The predicted octanol–water partition coefficient (Wildman–Crippen LogP) is 4.75. The molecule has 0 saturated heterocycles. The number of carboxylic acid groups (broad SMARTS) is 1. The van der Waals surface area contributed by atoms with Gasteiger partial charge in [0.25, 0.3) is 5.91 Å². The van der Waals surface area contributed by atoms with Gasteiger partial charge in [-0.25, -0.2) is 4.79 Å². The van der Waals surface area contributed by atoms with Gasteiger partial charge in [-0.2, -0.15) is 10.1 Å². The first-order chi connectivity index (χ1) is 14.2. The molecule has 0 unspecified atom stereocenters. The number of carbonyl (C=O) groups is 2. The molecule has 1 heterocycles. The summed E-state index contributed by atoms with van der Waals surface area (Å²) in [5.41, 5.74) is 2.37. The van der Waals surface area contributed by atoms with Gasteiger partial charge in [-0.1, -0.05) is 0 Å². The van der Waals surface area contributed by atoms with Gasteiger partial charge in [-0.15, -0.1) is 0 Å². The van der Waals surface area contributed by atoms with Crippen molar-refractivity contribution < 1.29 is 24.2 Å². The first-order valence-corrected chi connectivity index (χ1v) is 9.99. The predicted molar refractivity (Wildman–Crippen MR) is 118 cm³/mol. The second kappa shape index (κ2) is 8.71. The number of anilines is 1. The lowest BCUT2D eigenvalue weighted by atomic mass is 10.1. The quantitative estimate of drug-likeness (QED) is 0.612. The van der Waals surface area contributed by atoms with Crippen LogP contribution in [0.5, 0.6) is 11.5 Å². The van der Waals surface area contributed by atoms with Crippen molar-refractivity contribution in [3.8, 4) is 11.5 Å². The Hall–Kier alpha value is -3.13. The monoisotopic (exact) mass is 472 g/mol. The fraction of sp³-hybridized carbons (Fsp3) is 0.227. The molecule has 3 rings (SSSR count). The van der Waals surface area contributed by atoms with Crippen molar-refractivity contribution in [1.29, 1.82) is 0 Å². The normalized spacial score (nSPS) is 15.0. The minimum atomic E-state index is -1.03. The van der Waals surface area contributed by atoms with Crippen LogP contribution in [0.25, 0.3) is 6.08 Å². The standard InChI is InChI=1S/C22H21BrN2O5/c1-12(2)30-20-18(23)10-14(11-19(20)29-4)9-17-13(3)24-25(21(17)26)16-7-5-15(6-8-16)22(27)28/h5-12H,1-4H3,(H,27,28)/b17-9+. The summed E-state index contributed by atoms with van der Waals surface area (Å²) in [6, 6.07) is 9.62. The van der Waals surface area contributed by atoms with Crippen molar-refractivity contribution >= 4 is 45.3 Å². The Bertz CT molecular complexity index is 1060. The summed E-state index contributed by atoms with van der Waals surface area (Å²) in [4.78, 5) is 24.0. The van der Waals surface area contributed by atoms with Gasteiger partial charge in [-0.05, 0) is 84.7 Å². The molecule has 0 atom stereocenters. The third-order valence-corrected chi connectivity index (χ3v) is 4.93. The number of carbonyl (C=O) groups excluding carboxylic acids is 1. The molecule has 1 aliphatic heterocycles. The second-order valence-electron chi connectivity index (χ2n) is 6.91. The smallest absolute Gasteiger partial charge is 0.335 e. The summed E-state index contributed by atoms with van der Waals surface area (Å²) >= 11 is 3.51. The minimum Gasteiger partial charge on any atom is -0.493 e. The van der Waals surface area contributed by atoms with E-state index in [1.807, 2.05) is 19.9 Å². The van der Waals surface area contributed by atoms with Crippen molar-refractivity contribution in [2.75, 3.05) is 12.1 Å². The van der Waals surface area contributed by atoms with E-state index in [-0.39, 0.29) is 17.6 Å². The fourth-order valence-corrected chi connectivity index (χ4v) is 3.50. The maximum Gasteiger partial charge on any atom is 0.335 e. The molecule has 0 aliphatic carbocycles. The number of amides is 1.